The fourth-order valence-corrected chi connectivity index (χ4v) is 6.16. The zero-order valence-corrected chi connectivity index (χ0v) is 35.7. The van der Waals surface area contributed by atoms with Crippen molar-refractivity contribution in [2.75, 3.05) is 26.4 Å². The molecule has 3 N–H and O–H groups in total. The summed E-state index contributed by atoms with van der Waals surface area (Å²) in [4.78, 5) is 34.9. The number of carbonyl (C=O) groups is 2. The SMILES string of the molecule is CC/C=C/C/C=C/C/C=C/C/C=C/C/C=C/C/C=C/CCC(=O)OC[C@@H](COP(=O)(O)OC[C@H](O)CO)OC(=O)CCCCCCCCCCCCCCCC. The summed E-state index contributed by atoms with van der Waals surface area (Å²) in [6, 6.07) is 0. The smallest absolute Gasteiger partial charge is 0.462 e. The highest BCUT2D eigenvalue weighted by atomic mass is 31.2. The van der Waals surface area contributed by atoms with Gasteiger partial charge >= 0.3 is 19.8 Å². The van der Waals surface area contributed by atoms with Crippen LogP contribution in [0.5, 0.6) is 0 Å². The van der Waals surface area contributed by atoms with E-state index in [4.69, 9.17) is 19.1 Å². The van der Waals surface area contributed by atoms with E-state index in [0.29, 0.717) is 12.8 Å². The van der Waals surface area contributed by atoms with Crippen LogP contribution in [0.25, 0.3) is 0 Å². The third-order valence-electron chi connectivity index (χ3n) is 8.64. The number of allylic oxidation sites excluding steroid dienone is 12. The number of phosphoric acid groups is 1. The van der Waals surface area contributed by atoms with Crippen LogP contribution in [0.2, 0.25) is 0 Å². The standard InChI is InChI=1S/C45H77O10P/c1-3-5-7-9-11-13-15-17-19-20-21-22-23-25-26-28-30-32-34-36-44(48)52-40-43(41-54-56(50,51)53-39-42(47)38-46)55-45(49)37-35-33-31-29-27-24-18-16-14-12-10-8-6-4-2/h5,7,11,13,17,19,21-22,25-26,30,32,42-43,46-47H,3-4,6,8-10,12,14-16,18,20,23-24,27-29,31,33-41H2,1-2H3,(H,50,51)/b7-5+,13-11+,19-17+,22-21+,26-25+,32-30+/t42-,43+/m1/s1. The molecule has 0 bridgehead atoms. The molecule has 322 valence electrons. The molecule has 0 spiro atoms. The molecule has 0 amide bonds. The Balaban J connectivity index is 4.43. The minimum Gasteiger partial charge on any atom is -0.462 e. The molecule has 0 aromatic heterocycles. The van der Waals surface area contributed by atoms with Crippen molar-refractivity contribution >= 4 is 19.8 Å². The topological polar surface area (TPSA) is 149 Å². The lowest BCUT2D eigenvalue weighted by atomic mass is 10.0. The van der Waals surface area contributed by atoms with Gasteiger partial charge in [0.25, 0.3) is 0 Å². The number of aliphatic hydroxyl groups excluding tert-OH is 2. The van der Waals surface area contributed by atoms with Gasteiger partial charge in [-0.05, 0) is 51.4 Å². The average Bonchev–Trinajstić information content (AvgIpc) is 3.19. The first kappa shape index (κ1) is 53.4. The molecule has 0 aromatic carbocycles. The third-order valence-corrected chi connectivity index (χ3v) is 9.59. The number of unbranched alkanes of at least 4 members (excludes halogenated alkanes) is 13. The largest absolute Gasteiger partial charge is 0.472 e. The monoisotopic (exact) mass is 809 g/mol. The van der Waals surface area contributed by atoms with Gasteiger partial charge in [-0.25, -0.2) is 4.57 Å². The minimum absolute atomic E-state index is 0.114. The summed E-state index contributed by atoms with van der Waals surface area (Å²) in [5, 5.41) is 18.3. The van der Waals surface area contributed by atoms with Gasteiger partial charge in [-0.1, -0.05) is 170 Å². The number of ether oxygens (including phenoxy) is 2. The molecule has 0 aliphatic carbocycles. The number of hydrogen-bond acceptors (Lipinski definition) is 9. The molecule has 10 nitrogen and oxygen atoms in total. The van der Waals surface area contributed by atoms with Gasteiger partial charge in [0.15, 0.2) is 6.10 Å². The fourth-order valence-electron chi connectivity index (χ4n) is 5.37. The van der Waals surface area contributed by atoms with Gasteiger partial charge in [0.1, 0.15) is 12.7 Å². The molecule has 0 aliphatic heterocycles. The minimum atomic E-state index is -4.63. The number of phosphoric ester groups is 1. The quantitative estimate of drug-likeness (QED) is 0.0237. The molecule has 0 aromatic rings. The van der Waals surface area contributed by atoms with Crippen LogP contribution in [0.4, 0.5) is 0 Å². The maximum absolute atomic E-state index is 12.6. The molecule has 0 radical (unpaired) electrons. The average molecular weight is 809 g/mol. The maximum atomic E-state index is 12.6. The van der Waals surface area contributed by atoms with E-state index in [9.17, 15) is 24.2 Å². The van der Waals surface area contributed by atoms with Crippen LogP contribution in [0.15, 0.2) is 72.9 Å². The summed E-state index contributed by atoms with van der Waals surface area (Å²) in [6.07, 6.45) is 45.9. The van der Waals surface area contributed by atoms with Crippen molar-refractivity contribution in [3.8, 4) is 0 Å². The van der Waals surface area contributed by atoms with Gasteiger partial charge in [0.2, 0.25) is 0 Å². The van der Waals surface area contributed by atoms with Gasteiger partial charge < -0.3 is 24.6 Å². The Morgan fingerprint density at radius 2 is 0.982 bits per heavy atom. The first-order valence-electron chi connectivity index (χ1n) is 21.4. The molecule has 56 heavy (non-hydrogen) atoms. The van der Waals surface area contributed by atoms with Crippen molar-refractivity contribution in [2.45, 2.75) is 174 Å². The van der Waals surface area contributed by atoms with Crippen LogP contribution in [0.1, 0.15) is 162 Å². The summed E-state index contributed by atoms with van der Waals surface area (Å²) in [7, 11) is -4.63. The van der Waals surface area contributed by atoms with E-state index in [1.807, 2.05) is 12.2 Å². The van der Waals surface area contributed by atoms with E-state index in [0.717, 1.165) is 57.8 Å². The van der Waals surface area contributed by atoms with Gasteiger partial charge in [0, 0.05) is 12.8 Å². The highest BCUT2D eigenvalue weighted by Gasteiger charge is 2.27. The number of aliphatic hydroxyl groups is 2. The van der Waals surface area contributed by atoms with E-state index < -0.39 is 51.8 Å². The number of esters is 2. The molecule has 11 heteroatoms. The molecule has 3 atom stereocenters. The van der Waals surface area contributed by atoms with Crippen molar-refractivity contribution in [3.05, 3.63) is 72.9 Å². The second-order valence-electron chi connectivity index (χ2n) is 14.0. The molecule has 1 unspecified atom stereocenters. The van der Waals surface area contributed by atoms with Crippen LogP contribution in [0, 0.1) is 0 Å². The van der Waals surface area contributed by atoms with E-state index in [2.05, 4.69) is 79.1 Å². The van der Waals surface area contributed by atoms with Gasteiger partial charge in [-0.2, -0.15) is 0 Å². The van der Waals surface area contributed by atoms with Crippen LogP contribution < -0.4 is 0 Å². The lowest BCUT2D eigenvalue weighted by Gasteiger charge is -2.20. The second-order valence-corrected chi connectivity index (χ2v) is 15.4. The number of carbonyl (C=O) groups excluding carboxylic acids is 2. The predicted octanol–water partition coefficient (Wildman–Crippen LogP) is 11.3. The first-order chi connectivity index (χ1) is 27.2. The highest BCUT2D eigenvalue weighted by Crippen LogP contribution is 2.43. The van der Waals surface area contributed by atoms with Gasteiger partial charge in [-0.3, -0.25) is 18.6 Å². The van der Waals surface area contributed by atoms with Crippen LogP contribution in [-0.4, -0.2) is 65.7 Å². The van der Waals surface area contributed by atoms with Crippen LogP contribution in [0.3, 0.4) is 0 Å². The number of rotatable bonds is 39. The summed E-state index contributed by atoms with van der Waals surface area (Å²) < 4.78 is 32.6. The second kappa shape index (κ2) is 40.6. The van der Waals surface area contributed by atoms with Crippen molar-refractivity contribution in [1.29, 1.82) is 0 Å². The molecular formula is C45H77O10P. The van der Waals surface area contributed by atoms with E-state index in [1.165, 1.54) is 64.2 Å². The summed E-state index contributed by atoms with van der Waals surface area (Å²) >= 11 is 0. The molecule has 0 heterocycles. The number of hydrogen-bond donors (Lipinski definition) is 3. The Kier molecular flexibility index (Phi) is 38.7. The van der Waals surface area contributed by atoms with Gasteiger partial charge in [0.05, 0.1) is 19.8 Å². The summed E-state index contributed by atoms with van der Waals surface area (Å²) in [5.41, 5.74) is 0. The third kappa shape index (κ3) is 39.6. The van der Waals surface area contributed by atoms with Gasteiger partial charge in [-0.15, -0.1) is 0 Å². The molecule has 0 saturated carbocycles. The van der Waals surface area contributed by atoms with E-state index in [1.54, 1.807) is 0 Å². The van der Waals surface area contributed by atoms with E-state index in [-0.39, 0.29) is 19.4 Å². The van der Waals surface area contributed by atoms with Crippen molar-refractivity contribution in [3.63, 3.8) is 0 Å². The molecule has 0 fully saturated rings. The highest BCUT2D eigenvalue weighted by molar-refractivity contribution is 7.47. The van der Waals surface area contributed by atoms with Crippen LogP contribution in [-0.2, 0) is 32.7 Å². The van der Waals surface area contributed by atoms with Crippen molar-refractivity contribution in [1.82, 2.24) is 0 Å². The molecule has 0 aliphatic rings. The lowest BCUT2D eigenvalue weighted by Crippen LogP contribution is -2.29. The fraction of sp³-hybridized carbons (Fsp3) is 0.689. The van der Waals surface area contributed by atoms with E-state index >= 15 is 0 Å². The Morgan fingerprint density at radius 1 is 0.554 bits per heavy atom. The maximum Gasteiger partial charge on any atom is 0.472 e. The zero-order chi connectivity index (χ0) is 41.2. The molecule has 0 rings (SSSR count). The lowest BCUT2D eigenvalue weighted by molar-refractivity contribution is -0.161. The normalized spacial score (nSPS) is 14.6. The van der Waals surface area contributed by atoms with Crippen molar-refractivity contribution in [2.24, 2.45) is 0 Å². The first-order valence-corrected chi connectivity index (χ1v) is 22.9. The molecule has 0 saturated heterocycles. The van der Waals surface area contributed by atoms with Crippen LogP contribution >= 0.6 is 7.82 Å². The summed E-state index contributed by atoms with van der Waals surface area (Å²) in [6.45, 7) is 2.17. The Morgan fingerprint density at radius 3 is 1.45 bits per heavy atom. The zero-order valence-electron chi connectivity index (χ0n) is 34.8. The Bertz CT molecular complexity index is 1160. The predicted molar refractivity (Wildman–Crippen MR) is 228 cm³/mol. The van der Waals surface area contributed by atoms with Crippen molar-refractivity contribution < 1.29 is 47.8 Å². The Labute approximate surface area is 339 Å². The Hall–Kier alpha value is -2.59. The molecular weight excluding hydrogens is 731 g/mol. The summed E-state index contributed by atoms with van der Waals surface area (Å²) in [5.74, 6) is -1.02.